The van der Waals surface area contributed by atoms with Crippen LogP contribution in [0.4, 0.5) is 0 Å². The van der Waals surface area contributed by atoms with Crippen LogP contribution in [0.5, 0.6) is 0 Å². The van der Waals surface area contributed by atoms with Crippen LogP contribution in [0.2, 0.25) is 0 Å². The molecule has 0 spiro atoms. The number of rotatable bonds is 0. The fraction of sp³-hybridized carbons (Fsp3) is 1.00. The van der Waals surface area contributed by atoms with E-state index in [9.17, 15) is 81.7 Å². The van der Waals surface area contributed by atoms with Crippen LogP contribution < -0.4 is 0 Å². The summed E-state index contributed by atoms with van der Waals surface area (Å²) in [4.78, 5) is 0. The van der Waals surface area contributed by atoms with E-state index in [1.807, 2.05) is 0 Å². The van der Waals surface area contributed by atoms with E-state index in [1.165, 1.54) is 55.4 Å². The van der Waals surface area contributed by atoms with Crippen molar-refractivity contribution < 1.29 is 157 Å². The largest absolute Gasteiger partial charge is 0.387 e. The molecular weight excluding hydrogens is 1090 g/mol. The maximum atomic E-state index is 11.3. The minimum Gasteiger partial charge on any atom is -0.387 e. The first-order chi connectivity index (χ1) is 37.6. The highest BCUT2D eigenvalue weighted by Gasteiger charge is 2.58. The van der Waals surface area contributed by atoms with Gasteiger partial charge < -0.3 is 157 Å². The van der Waals surface area contributed by atoms with Crippen LogP contribution in [0.15, 0.2) is 0 Å². The van der Waals surface area contributed by atoms with Crippen molar-refractivity contribution in [2.24, 2.45) is 0 Å². The van der Waals surface area contributed by atoms with E-state index in [4.69, 9.17) is 75.8 Å². The molecule has 32 heteroatoms. The Bertz CT molecular complexity index is 1600. The number of ether oxygens (including phenoxy) is 16. The molecule has 80 heavy (non-hydrogen) atoms. The predicted octanol–water partition coefficient (Wildman–Crippen LogP) is -9.19. The minimum atomic E-state index is -1.92. The molecule has 0 aromatic heterocycles. The Hall–Kier alpha value is -1.28. The van der Waals surface area contributed by atoms with Crippen LogP contribution in [-0.2, 0) is 75.8 Å². The van der Waals surface area contributed by atoms with E-state index in [0.717, 1.165) is 0 Å². The van der Waals surface area contributed by atoms with Crippen molar-refractivity contribution >= 4 is 0 Å². The van der Waals surface area contributed by atoms with Crippen LogP contribution >= 0.6 is 0 Å². The van der Waals surface area contributed by atoms with Crippen molar-refractivity contribution in [3.05, 3.63) is 0 Å². The highest BCUT2D eigenvalue weighted by molar-refractivity contribution is 5.00. The van der Waals surface area contributed by atoms with Crippen molar-refractivity contribution in [3.63, 3.8) is 0 Å². The fourth-order valence-corrected chi connectivity index (χ4v) is 11.7. The van der Waals surface area contributed by atoms with Crippen molar-refractivity contribution in [2.75, 3.05) is 0 Å². The summed E-state index contributed by atoms with van der Waals surface area (Å²) in [7, 11) is 0. The molecule has 0 aromatic rings. The second-order valence-corrected chi connectivity index (χ2v) is 22.3. The molecule has 0 aromatic carbocycles. The fourth-order valence-electron chi connectivity index (χ4n) is 11.7. The van der Waals surface area contributed by atoms with Gasteiger partial charge in [-0.2, -0.15) is 0 Å². The SMILES string of the molecule is C[C@@H]1O[C@H]2O[C@@H]3[C@@H](O)[C@@H](O)[C@H](O[C@@H]4[C@@H](O)[C@@H](O)[C@H](O[C@@H]5[C@@H](O)[C@@H](O)[C@H](O[C@@H]6[C@@H](O)[C@@H](O)[C@H](O[C@@H]7[C@@H](O)[C@@H](O)[C@H](O[C@@H]8[C@@H](O)[C@@H](O)[C@H](O[C@@H]9[C@@H](O)[C@@H](O)[C@H](O[C@@H]1[C@@H](O)[C@H]2O)O[C@H]9C)O[C@H]8C)O[C@H]7C)O[C@H]6C)O[C@H]5C)O[C@H]4C)O[C@H]3C. The molecule has 0 amide bonds. The van der Waals surface area contributed by atoms with Crippen LogP contribution in [0, 0.1) is 0 Å². The molecule has 30 aliphatic rings. The molecule has 0 saturated carbocycles. The number of hydrogen-bond acceptors (Lipinski definition) is 32. The second kappa shape index (κ2) is 25.2. The molecule has 30 heterocycles. The van der Waals surface area contributed by atoms with Gasteiger partial charge in [0.2, 0.25) is 0 Å². The summed E-state index contributed by atoms with van der Waals surface area (Å²) in [5, 5.41) is 181. The van der Waals surface area contributed by atoms with Crippen molar-refractivity contribution in [3.8, 4) is 0 Å². The molecule has 30 rings (SSSR count). The average Bonchev–Trinajstić information content (AvgIpc) is 3.41. The Morgan fingerprint density at radius 2 is 0.225 bits per heavy atom. The monoisotopic (exact) mass is 1170 g/mol. The van der Waals surface area contributed by atoms with Gasteiger partial charge in [0.1, 0.15) is 146 Å². The van der Waals surface area contributed by atoms with E-state index in [1.54, 1.807) is 0 Å². The second-order valence-electron chi connectivity index (χ2n) is 22.3. The summed E-state index contributed by atoms with van der Waals surface area (Å²) in [6.45, 7) is 11.3. The summed E-state index contributed by atoms with van der Waals surface area (Å²) in [6.07, 6.45) is -64.9. The number of aliphatic hydroxyl groups is 16. The van der Waals surface area contributed by atoms with Gasteiger partial charge in [-0.15, -0.1) is 0 Å². The first-order valence-electron chi connectivity index (χ1n) is 27.0. The smallest absolute Gasteiger partial charge is 0.187 e. The molecule has 0 radical (unpaired) electrons. The van der Waals surface area contributed by atoms with Gasteiger partial charge in [0.25, 0.3) is 0 Å². The minimum absolute atomic E-state index is 1.17. The maximum absolute atomic E-state index is 11.3. The number of hydrogen-bond donors (Lipinski definition) is 16. The van der Waals surface area contributed by atoms with E-state index in [0.29, 0.717) is 0 Å². The Balaban J connectivity index is 0.924. The normalized spacial score (nSPS) is 59.7. The summed E-state index contributed by atoms with van der Waals surface area (Å²) in [5.41, 5.74) is 0. The van der Waals surface area contributed by atoms with Crippen LogP contribution in [-0.4, -0.2) is 327 Å². The molecule has 40 atom stereocenters. The third kappa shape index (κ3) is 12.1. The zero-order valence-electron chi connectivity index (χ0n) is 44.8. The van der Waals surface area contributed by atoms with E-state index in [-0.39, 0.29) is 0 Å². The Morgan fingerprint density at radius 3 is 0.312 bits per heavy atom. The van der Waals surface area contributed by atoms with Gasteiger partial charge in [0.05, 0.1) is 48.8 Å². The molecule has 16 N–H and O–H groups in total. The zero-order chi connectivity index (χ0) is 58.4. The van der Waals surface area contributed by atoms with Gasteiger partial charge in [0, 0.05) is 0 Å². The van der Waals surface area contributed by atoms with Crippen molar-refractivity contribution in [1.29, 1.82) is 0 Å². The summed E-state index contributed by atoms with van der Waals surface area (Å²) in [5.74, 6) is 0. The van der Waals surface area contributed by atoms with Gasteiger partial charge in [-0.1, -0.05) is 0 Å². The summed E-state index contributed by atoms with van der Waals surface area (Å²) < 4.78 is 94.1. The van der Waals surface area contributed by atoms with Crippen LogP contribution in [0.1, 0.15) is 55.4 Å². The predicted molar refractivity (Wildman–Crippen MR) is 250 cm³/mol. The standard InChI is InChI=1S/C48H80O32/c1-9-33-17(49)25(57)41(65-9)74-34-10(2)67-43(27(59)19(34)51)76-36-12(4)69-45(29(61)21(36)53)78-38-14(6)71-47(31(63)23(38)55)80-40-16(8)72-48(32(64)24(40)56)79-39-15(7)70-46(30(62)22(39)54)77-37-13(5)68-44(28(60)20(37)52)75-35-11(3)66-42(73-33)26(58)18(35)50/h9-64H,1-8H3/t9-,10-,11-,12-,13-,14-,15-,16-,17-,18-,19-,20-,21-,22-,23-,24-,25+,26+,27+,28+,29+,30+,31+,32+,33-,34-,35-,36-,37-,38-,39-,40-,41-,42-,43-,44-,45-,46-,47-,48-/m0/s1. The van der Waals surface area contributed by atoms with E-state index in [2.05, 4.69) is 0 Å². The van der Waals surface area contributed by atoms with Gasteiger partial charge in [-0.25, -0.2) is 0 Å². The van der Waals surface area contributed by atoms with Crippen molar-refractivity contribution in [2.45, 2.75) is 301 Å². The molecule has 0 unspecified atom stereocenters. The number of aliphatic hydroxyl groups excluding tert-OH is 16. The molecule has 0 aliphatic carbocycles. The van der Waals surface area contributed by atoms with Crippen LogP contribution in [0.25, 0.3) is 0 Å². The molecule has 30 saturated heterocycles. The first kappa shape index (κ1) is 63.2. The average molecular weight is 1170 g/mol. The molecule has 30 aliphatic heterocycles. The highest BCUT2D eigenvalue weighted by atomic mass is 16.8. The molecule has 30 fully saturated rings. The third-order valence-corrected chi connectivity index (χ3v) is 16.5. The maximum Gasteiger partial charge on any atom is 0.187 e. The van der Waals surface area contributed by atoms with Gasteiger partial charge in [-0.05, 0) is 55.4 Å². The van der Waals surface area contributed by atoms with E-state index >= 15 is 0 Å². The molecule has 464 valence electrons. The van der Waals surface area contributed by atoms with Gasteiger partial charge in [0.15, 0.2) is 50.3 Å². The molecule has 16 bridgehead atoms. The zero-order valence-corrected chi connectivity index (χ0v) is 44.8. The van der Waals surface area contributed by atoms with E-state index < -0.39 is 246 Å². The highest BCUT2D eigenvalue weighted by Crippen LogP contribution is 2.39. The lowest BCUT2D eigenvalue weighted by atomic mass is 9.95. The van der Waals surface area contributed by atoms with Gasteiger partial charge >= 0.3 is 0 Å². The molecule has 32 nitrogen and oxygen atoms in total. The Morgan fingerprint density at radius 1 is 0.138 bits per heavy atom. The first-order valence-corrected chi connectivity index (χ1v) is 27.0. The third-order valence-electron chi connectivity index (χ3n) is 16.5. The van der Waals surface area contributed by atoms with Gasteiger partial charge in [-0.3, -0.25) is 0 Å². The lowest BCUT2D eigenvalue weighted by Crippen LogP contribution is -2.67. The lowest BCUT2D eigenvalue weighted by molar-refractivity contribution is -0.397. The summed E-state index contributed by atoms with van der Waals surface area (Å²) >= 11 is 0. The Kier molecular flexibility index (Phi) is 19.9. The van der Waals surface area contributed by atoms with Crippen LogP contribution in [0.3, 0.4) is 0 Å². The summed E-state index contributed by atoms with van der Waals surface area (Å²) in [6, 6.07) is 0. The lowest BCUT2D eigenvalue weighted by Gasteiger charge is -2.50. The topological polar surface area (TPSA) is 471 Å². The molecular formula is C48H80O32. The Labute approximate surface area is 457 Å². The quantitative estimate of drug-likeness (QED) is 0.107. The van der Waals surface area contributed by atoms with Crippen molar-refractivity contribution in [1.82, 2.24) is 0 Å².